The average Bonchev–Trinajstić information content (AvgIpc) is 2.85. The van der Waals surface area contributed by atoms with Crippen molar-refractivity contribution in [3.63, 3.8) is 0 Å². The third-order valence-electron chi connectivity index (χ3n) is 6.31. The van der Waals surface area contributed by atoms with Crippen molar-refractivity contribution in [1.82, 2.24) is 15.3 Å². The molecule has 2 aliphatic heterocycles. The van der Waals surface area contributed by atoms with Gasteiger partial charge in [0.25, 0.3) is 11.6 Å². The highest BCUT2D eigenvalue weighted by Crippen LogP contribution is 2.32. The molecule has 0 unspecified atom stereocenters. The third-order valence-corrected chi connectivity index (χ3v) is 6.31. The molecule has 10 heteroatoms. The molecule has 2 N–H and O–H groups in total. The maximum Gasteiger partial charge on any atom is 0.279 e. The first-order chi connectivity index (χ1) is 17.6. The summed E-state index contributed by atoms with van der Waals surface area (Å²) >= 11 is 0. The van der Waals surface area contributed by atoms with Gasteiger partial charge < -0.3 is 20.1 Å². The molecule has 0 saturated heterocycles. The smallest absolute Gasteiger partial charge is 0.279 e. The van der Waals surface area contributed by atoms with Crippen molar-refractivity contribution >= 4 is 23.2 Å². The van der Waals surface area contributed by atoms with Gasteiger partial charge in [0.2, 0.25) is 5.95 Å². The molecule has 1 aliphatic carbocycles. The molecule has 1 saturated carbocycles. The van der Waals surface area contributed by atoms with Gasteiger partial charge in [0.15, 0.2) is 0 Å². The van der Waals surface area contributed by atoms with Gasteiger partial charge in [-0.25, -0.2) is 9.97 Å². The maximum atomic E-state index is 12.6. The van der Waals surface area contributed by atoms with Crippen LogP contribution in [0.2, 0.25) is 0 Å². The second-order valence-electron chi connectivity index (χ2n) is 8.89. The number of ether oxygens (including phenoxy) is 2. The van der Waals surface area contributed by atoms with E-state index in [9.17, 15) is 14.9 Å². The molecule has 1 aromatic heterocycles. The number of nitro groups is 1. The van der Waals surface area contributed by atoms with Crippen LogP contribution in [0.25, 0.3) is 11.3 Å². The number of carbonyl (C=O) groups excluding carboxylic acids is 1. The minimum atomic E-state index is -0.506. The van der Waals surface area contributed by atoms with Crippen molar-refractivity contribution in [2.45, 2.75) is 44.8 Å². The molecule has 0 spiro atoms. The fraction of sp³-hybridized carbons (Fsp3) is 0.346. The van der Waals surface area contributed by atoms with Crippen molar-refractivity contribution < 1.29 is 19.2 Å². The molecule has 6 rings (SSSR count). The molecule has 0 atom stereocenters. The Kier molecular flexibility index (Phi) is 7.03. The number of nitro benzene ring substituents is 1. The standard InChI is InChI=1S/C26H27N5O5/c32-25-17-6-8-21(23(15-17)31(33)34)22-10-12-28-26(30-22)29-19-7-9-24(36-20-4-3-5-20)18(14-19)16-35-13-2-1-11-27-25/h6-10,12,14-15,20H,1-5,11,13,16H2,(H,27,32)(H,28,29,30). The van der Waals surface area contributed by atoms with Crippen LogP contribution in [0.4, 0.5) is 17.3 Å². The molecule has 186 valence electrons. The number of hydrogen-bond donors (Lipinski definition) is 2. The topological polar surface area (TPSA) is 129 Å². The lowest BCUT2D eigenvalue weighted by molar-refractivity contribution is -0.384. The first-order valence-electron chi connectivity index (χ1n) is 12.1. The SMILES string of the molecule is O=C1NCCCCOCc2cc(ccc2OC2CCC2)Nc2nccc(n2)-c2ccc1cc2[N+](=O)[O-]. The van der Waals surface area contributed by atoms with E-state index in [4.69, 9.17) is 9.47 Å². The summed E-state index contributed by atoms with van der Waals surface area (Å²) < 4.78 is 12.1. The summed E-state index contributed by atoms with van der Waals surface area (Å²) in [5, 5.41) is 17.8. The van der Waals surface area contributed by atoms with Crippen molar-refractivity contribution in [1.29, 1.82) is 0 Å². The number of benzene rings is 2. The molecule has 10 nitrogen and oxygen atoms in total. The largest absolute Gasteiger partial charge is 0.490 e. The van der Waals surface area contributed by atoms with Gasteiger partial charge in [0.1, 0.15) is 5.75 Å². The summed E-state index contributed by atoms with van der Waals surface area (Å²) in [6.07, 6.45) is 6.55. The molecule has 3 aromatic rings. The maximum absolute atomic E-state index is 12.6. The highest BCUT2D eigenvalue weighted by molar-refractivity contribution is 5.96. The number of rotatable bonds is 3. The predicted octanol–water partition coefficient (Wildman–Crippen LogP) is 4.77. The Balaban J connectivity index is 1.49. The number of aromatic nitrogens is 2. The van der Waals surface area contributed by atoms with Crippen molar-refractivity contribution in [2.24, 2.45) is 0 Å². The molecule has 0 radical (unpaired) electrons. The van der Waals surface area contributed by atoms with E-state index in [0.29, 0.717) is 37.0 Å². The van der Waals surface area contributed by atoms with Gasteiger partial charge >= 0.3 is 0 Å². The Morgan fingerprint density at radius 2 is 1.97 bits per heavy atom. The van der Waals surface area contributed by atoms with Crippen LogP contribution in [0, 0.1) is 10.1 Å². The monoisotopic (exact) mass is 489 g/mol. The Bertz CT molecular complexity index is 1280. The van der Waals surface area contributed by atoms with Crippen LogP contribution in [0.1, 0.15) is 48.0 Å². The van der Waals surface area contributed by atoms with Crippen LogP contribution in [0.15, 0.2) is 48.7 Å². The fourth-order valence-electron chi connectivity index (χ4n) is 4.11. The zero-order valence-electron chi connectivity index (χ0n) is 19.7. The van der Waals surface area contributed by atoms with E-state index in [2.05, 4.69) is 20.6 Å². The second kappa shape index (κ2) is 10.7. The third kappa shape index (κ3) is 5.44. The highest BCUT2D eigenvalue weighted by Gasteiger charge is 2.22. The van der Waals surface area contributed by atoms with Gasteiger partial charge in [-0.3, -0.25) is 14.9 Å². The Morgan fingerprint density at radius 1 is 1.08 bits per heavy atom. The number of nitrogens with one attached hydrogen (secondary N) is 2. The Hall–Kier alpha value is -4.05. The lowest BCUT2D eigenvalue weighted by atomic mass is 9.96. The number of carbonyl (C=O) groups is 1. The van der Waals surface area contributed by atoms with Gasteiger partial charge in [-0.1, -0.05) is 0 Å². The molecule has 6 bridgehead atoms. The van der Waals surface area contributed by atoms with Crippen molar-refractivity contribution in [2.75, 3.05) is 18.5 Å². The Morgan fingerprint density at radius 3 is 2.78 bits per heavy atom. The molecule has 1 amide bonds. The van der Waals surface area contributed by atoms with E-state index < -0.39 is 4.92 Å². The summed E-state index contributed by atoms with van der Waals surface area (Å²) in [7, 11) is 0. The first kappa shape index (κ1) is 23.7. The van der Waals surface area contributed by atoms with Crippen LogP contribution in [0.3, 0.4) is 0 Å². The summed E-state index contributed by atoms with van der Waals surface area (Å²) in [6.45, 7) is 1.37. The molecule has 2 aromatic carbocycles. The number of fused-ring (bicyclic) bond motifs is 9. The number of amides is 1. The fourth-order valence-corrected chi connectivity index (χ4v) is 4.11. The summed E-state index contributed by atoms with van der Waals surface area (Å²) in [4.78, 5) is 32.6. The summed E-state index contributed by atoms with van der Waals surface area (Å²) in [5.74, 6) is 0.733. The van der Waals surface area contributed by atoms with E-state index >= 15 is 0 Å². The quantitative estimate of drug-likeness (QED) is 0.398. The van der Waals surface area contributed by atoms with E-state index in [1.165, 1.54) is 18.7 Å². The van der Waals surface area contributed by atoms with E-state index in [1.807, 2.05) is 18.2 Å². The molecular formula is C26H27N5O5. The van der Waals surface area contributed by atoms with E-state index in [0.717, 1.165) is 42.7 Å². The van der Waals surface area contributed by atoms with Crippen LogP contribution >= 0.6 is 0 Å². The highest BCUT2D eigenvalue weighted by atomic mass is 16.6. The summed E-state index contributed by atoms with van der Waals surface area (Å²) in [5.41, 5.74) is 2.38. The van der Waals surface area contributed by atoms with Gasteiger partial charge in [-0.15, -0.1) is 0 Å². The van der Waals surface area contributed by atoms with Crippen LogP contribution in [0.5, 0.6) is 5.75 Å². The predicted molar refractivity (Wildman–Crippen MR) is 133 cm³/mol. The molecular weight excluding hydrogens is 462 g/mol. The van der Waals surface area contributed by atoms with E-state index in [-0.39, 0.29) is 23.3 Å². The first-order valence-corrected chi connectivity index (χ1v) is 12.1. The average molecular weight is 490 g/mol. The number of hydrogen-bond acceptors (Lipinski definition) is 8. The minimum Gasteiger partial charge on any atom is -0.490 e. The van der Waals surface area contributed by atoms with Crippen molar-refractivity contribution in [3.05, 3.63) is 69.9 Å². The van der Waals surface area contributed by atoms with E-state index in [1.54, 1.807) is 18.2 Å². The molecule has 3 aliphatic rings. The molecule has 1 fully saturated rings. The summed E-state index contributed by atoms with van der Waals surface area (Å²) in [6, 6.07) is 11.8. The normalized spacial score (nSPS) is 16.5. The van der Waals surface area contributed by atoms with Crippen LogP contribution in [-0.4, -0.2) is 40.1 Å². The molecule has 36 heavy (non-hydrogen) atoms. The van der Waals surface area contributed by atoms with Gasteiger partial charge in [0, 0.05) is 42.2 Å². The number of nitrogens with zero attached hydrogens (tertiary/aromatic N) is 3. The molecule has 3 heterocycles. The van der Waals surface area contributed by atoms with Gasteiger partial charge in [-0.2, -0.15) is 0 Å². The zero-order chi connectivity index (χ0) is 24.9. The lowest BCUT2D eigenvalue weighted by Gasteiger charge is -2.27. The Labute approximate surface area is 208 Å². The minimum absolute atomic E-state index is 0.196. The number of anilines is 2. The van der Waals surface area contributed by atoms with Gasteiger partial charge in [-0.05, 0) is 68.5 Å². The lowest BCUT2D eigenvalue weighted by Crippen LogP contribution is -2.25. The zero-order valence-corrected chi connectivity index (χ0v) is 19.7. The van der Waals surface area contributed by atoms with Crippen molar-refractivity contribution in [3.8, 4) is 17.0 Å². The second-order valence-corrected chi connectivity index (χ2v) is 8.89. The van der Waals surface area contributed by atoms with Gasteiger partial charge in [0.05, 0.1) is 28.9 Å². The van der Waals surface area contributed by atoms with Crippen LogP contribution in [-0.2, 0) is 11.3 Å². The van der Waals surface area contributed by atoms with Crippen LogP contribution < -0.4 is 15.4 Å².